The number of rotatable bonds is 9. The van der Waals surface area contributed by atoms with Gasteiger partial charge in [0.1, 0.15) is 0 Å². The monoisotopic (exact) mass is 259 g/mol. The number of hydrogen-bond donors (Lipinski definition) is 1. The SMILES string of the molecule is CCC/C=C\CCC(=O)NCCCc1ccccc1. The van der Waals surface area contributed by atoms with E-state index in [2.05, 4.69) is 48.7 Å². The first-order chi connectivity index (χ1) is 9.33. The van der Waals surface area contributed by atoms with Crippen molar-refractivity contribution in [3.05, 3.63) is 48.0 Å². The molecular weight excluding hydrogens is 234 g/mol. The van der Waals surface area contributed by atoms with Crippen LogP contribution in [0.3, 0.4) is 0 Å². The van der Waals surface area contributed by atoms with Gasteiger partial charge in [-0.05, 0) is 31.2 Å². The van der Waals surface area contributed by atoms with E-state index in [0.29, 0.717) is 6.42 Å². The van der Waals surface area contributed by atoms with Crippen LogP contribution in [-0.2, 0) is 11.2 Å². The van der Waals surface area contributed by atoms with Gasteiger partial charge in [0, 0.05) is 13.0 Å². The summed E-state index contributed by atoms with van der Waals surface area (Å²) in [7, 11) is 0. The van der Waals surface area contributed by atoms with E-state index in [4.69, 9.17) is 0 Å². The summed E-state index contributed by atoms with van der Waals surface area (Å²) in [6.45, 7) is 2.93. The quantitative estimate of drug-likeness (QED) is 0.529. The number of amides is 1. The van der Waals surface area contributed by atoms with Gasteiger partial charge in [0.2, 0.25) is 5.91 Å². The number of nitrogens with one attached hydrogen (secondary N) is 1. The number of benzene rings is 1. The summed E-state index contributed by atoms with van der Waals surface area (Å²) >= 11 is 0. The van der Waals surface area contributed by atoms with E-state index >= 15 is 0 Å². The van der Waals surface area contributed by atoms with E-state index < -0.39 is 0 Å². The molecule has 0 aliphatic rings. The number of unbranched alkanes of at least 4 members (excludes halogenated alkanes) is 1. The molecular formula is C17H25NO. The molecule has 1 aromatic rings. The van der Waals surface area contributed by atoms with Gasteiger partial charge in [-0.3, -0.25) is 4.79 Å². The summed E-state index contributed by atoms with van der Waals surface area (Å²) in [5.41, 5.74) is 1.33. The number of carbonyl (C=O) groups excluding carboxylic acids is 1. The average molecular weight is 259 g/mol. The highest BCUT2D eigenvalue weighted by molar-refractivity contribution is 5.75. The third-order valence-electron chi connectivity index (χ3n) is 2.97. The van der Waals surface area contributed by atoms with Crippen molar-refractivity contribution in [1.82, 2.24) is 5.32 Å². The van der Waals surface area contributed by atoms with Crippen molar-refractivity contribution in [2.45, 2.75) is 45.4 Å². The number of allylic oxidation sites excluding steroid dienone is 2. The van der Waals surface area contributed by atoms with Gasteiger partial charge in [0.25, 0.3) is 0 Å². The standard InChI is InChI=1S/C17H25NO/c1-2-3-4-5-9-14-17(19)18-15-10-13-16-11-7-6-8-12-16/h4-8,11-12H,2-3,9-10,13-15H2,1H3,(H,18,19)/b5-4-. The van der Waals surface area contributed by atoms with Gasteiger partial charge in [-0.2, -0.15) is 0 Å². The molecule has 0 atom stereocenters. The Hall–Kier alpha value is -1.57. The van der Waals surface area contributed by atoms with Crippen LogP contribution in [0.1, 0.15) is 44.6 Å². The minimum absolute atomic E-state index is 0.161. The fourth-order valence-electron chi connectivity index (χ4n) is 1.87. The molecule has 1 amide bonds. The van der Waals surface area contributed by atoms with Crippen molar-refractivity contribution in [1.29, 1.82) is 0 Å². The maximum atomic E-state index is 11.5. The van der Waals surface area contributed by atoms with Crippen LogP contribution in [-0.4, -0.2) is 12.5 Å². The third-order valence-corrected chi connectivity index (χ3v) is 2.97. The molecule has 0 aliphatic heterocycles. The Morgan fingerprint density at radius 3 is 2.63 bits per heavy atom. The molecule has 2 nitrogen and oxygen atoms in total. The molecule has 2 heteroatoms. The molecule has 0 radical (unpaired) electrons. The van der Waals surface area contributed by atoms with E-state index in [9.17, 15) is 4.79 Å². The average Bonchev–Trinajstić information content (AvgIpc) is 2.44. The van der Waals surface area contributed by atoms with Crippen LogP contribution in [0, 0.1) is 0 Å². The van der Waals surface area contributed by atoms with Gasteiger partial charge in [-0.15, -0.1) is 0 Å². The molecule has 1 N–H and O–H groups in total. The van der Waals surface area contributed by atoms with Crippen LogP contribution in [0.4, 0.5) is 0 Å². The van der Waals surface area contributed by atoms with E-state index in [1.165, 1.54) is 12.0 Å². The third kappa shape index (κ3) is 8.20. The predicted octanol–water partition coefficient (Wildman–Crippen LogP) is 3.87. The van der Waals surface area contributed by atoms with Crippen LogP contribution in [0.2, 0.25) is 0 Å². The number of hydrogen-bond acceptors (Lipinski definition) is 1. The van der Waals surface area contributed by atoms with Gasteiger partial charge < -0.3 is 5.32 Å². The highest BCUT2D eigenvalue weighted by atomic mass is 16.1. The van der Waals surface area contributed by atoms with E-state index in [1.807, 2.05) is 6.07 Å². The molecule has 0 fully saturated rings. The molecule has 0 aromatic heterocycles. The smallest absolute Gasteiger partial charge is 0.220 e. The summed E-state index contributed by atoms with van der Waals surface area (Å²) in [5, 5.41) is 2.97. The molecule has 19 heavy (non-hydrogen) atoms. The zero-order valence-electron chi connectivity index (χ0n) is 11.9. The second kappa shape index (κ2) is 10.4. The Kier molecular flexibility index (Phi) is 8.45. The summed E-state index contributed by atoms with van der Waals surface area (Å²) in [6.07, 6.45) is 10.0. The Labute approximate surface area is 116 Å². The molecule has 0 saturated carbocycles. The second-order valence-electron chi connectivity index (χ2n) is 4.74. The van der Waals surface area contributed by atoms with Crippen LogP contribution < -0.4 is 5.32 Å². The summed E-state index contributed by atoms with van der Waals surface area (Å²) in [5.74, 6) is 0.161. The molecule has 0 spiro atoms. The minimum atomic E-state index is 0.161. The maximum absolute atomic E-state index is 11.5. The molecule has 0 aliphatic carbocycles. The Morgan fingerprint density at radius 1 is 1.16 bits per heavy atom. The van der Waals surface area contributed by atoms with Crippen molar-refractivity contribution in [2.75, 3.05) is 6.54 Å². The van der Waals surface area contributed by atoms with Crippen molar-refractivity contribution < 1.29 is 4.79 Å². The van der Waals surface area contributed by atoms with E-state index in [0.717, 1.165) is 32.2 Å². The van der Waals surface area contributed by atoms with E-state index in [-0.39, 0.29) is 5.91 Å². The maximum Gasteiger partial charge on any atom is 0.220 e. The minimum Gasteiger partial charge on any atom is -0.356 e. The largest absolute Gasteiger partial charge is 0.356 e. The van der Waals surface area contributed by atoms with Crippen LogP contribution >= 0.6 is 0 Å². The Bertz CT molecular complexity index is 370. The molecule has 104 valence electrons. The highest BCUT2D eigenvalue weighted by Crippen LogP contribution is 2.01. The number of carbonyl (C=O) groups is 1. The summed E-state index contributed by atoms with van der Waals surface area (Å²) < 4.78 is 0. The Balaban J connectivity index is 2.01. The fraction of sp³-hybridized carbons (Fsp3) is 0.471. The van der Waals surface area contributed by atoms with Gasteiger partial charge in [0.05, 0.1) is 0 Å². The first-order valence-corrected chi connectivity index (χ1v) is 7.28. The second-order valence-corrected chi connectivity index (χ2v) is 4.74. The normalized spacial score (nSPS) is 10.8. The van der Waals surface area contributed by atoms with Gasteiger partial charge in [-0.25, -0.2) is 0 Å². The van der Waals surface area contributed by atoms with Gasteiger partial charge >= 0.3 is 0 Å². The molecule has 1 aromatic carbocycles. The lowest BCUT2D eigenvalue weighted by Crippen LogP contribution is -2.24. The van der Waals surface area contributed by atoms with Crippen molar-refractivity contribution >= 4 is 5.91 Å². The van der Waals surface area contributed by atoms with E-state index in [1.54, 1.807) is 0 Å². The summed E-state index contributed by atoms with van der Waals surface area (Å²) in [4.78, 5) is 11.5. The molecule has 0 unspecified atom stereocenters. The Morgan fingerprint density at radius 2 is 1.89 bits per heavy atom. The lowest BCUT2D eigenvalue weighted by molar-refractivity contribution is -0.121. The first-order valence-electron chi connectivity index (χ1n) is 7.28. The highest BCUT2D eigenvalue weighted by Gasteiger charge is 1.98. The molecule has 0 saturated heterocycles. The van der Waals surface area contributed by atoms with Gasteiger partial charge in [0.15, 0.2) is 0 Å². The van der Waals surface area contributed by atoms with Crippen molar-refractivity contribution in [2.24, 2.45) is 0 Å². The first kappa shape index (κ1) is 15.5. The zero-order chi connectivity index (χ0) is 13.8. The fourth-order valence-corrected chi connectivity index (χ4v) is 1.87. The lowest BCUT2D eigenvalue weighted by Gasteiger charge is -2.04. The van der Waals surface area contributed by atoms with Gasteiger partial charge in [-0.1, -0.05) is 55.8 Å². The van der Waals surface area contributed by atoms with Crippen molar-refractivity contribution in [3.8, 4) is 0 Å². The number of aryl methyl sites for hydroxylation is 1. The van der Waals surface area contributed by atoms with Crippen LogP contribution in [0.5, 0.6) is 0 Å². The summed E-state index contributed by atoms with van der Waals surface area (Å²) in [6, 6.07) is 10.4. The van der Waals surface area contributed by atoms with Crippen LogP contribution in [0.25, 0.3) is 0 Å². The lowest BCUT2D eigenvalue weighted by atomic mass is 10.1. The molecule has 0 bridgehead atoms. The molecule has 0 heterocycles. The van der Waals surface area contributed by atoms with Crippen molar-refractivity contribution in [3.63, 3.8) is 0 Å². The molecule has 1 rings (SSSR count). The predicted molar refractivity (Wildman–Crippen MR) is 81.1 cm³/mol. The van der Waals surface area contributed by atoms with Crippen LogP contribution in [0.15, 0.2) is 42.5 Å². The topological polar surface area (TPSA) is 29.1 Å². The zero-order valence-corrected chi connectivity index (χ0v) is 11.9.